The molecule has 380 valence electrons. The lowest BCUT2D eigenvalue weighted by molar-refractivity contribution is -0.143. The first-order chi connectivity index (χ1) is 36.2. The van der Waals surface area contributed by atoms with Gasteiger partial charge in [0.05, 0.1) is 69.7 Å². The second-order valence-corrected chi connectivity index (χ2v) is 18.5. The van der Waals surface area contributed by atoms with Crippen molar-refractivity contribution in [2.45, 2.75) is 56.8 Å². The maximum absolute atomic E-state index is 14.7. The molecule has 12 rings (SSSR count). The van der Waals surface area contributed by atoms with Crippen LogP contribution in [0.15, 0.2) is 85.7 Å². The fourth-order valence-corrected chi connectivity index (χ4v) is 10.2. The summed E-state index contributed by atoms with van der Waals surface area (Å²) in [5.74, 6) is -1.84. The van der Waals surface area contributed by atoms with Crippen LogP contribution in [0.4, 0.5) is 31.8 Å². The monoisotopic (exact) mass is 1060 g/mol. The van der Waals surface area contributed by atoms with Gasteiger partial charge in [-0.25, -0.2) is 19.9 Å². The molecular formula is C46H38Cl2F2N20O5. The number of hydrogen-bond donors (Lipinski definition) is 4. The molecular weight excluding hydrogens is 1020 g/mol. The quantitative estimate of drug-likeness (QED) is 0.147. The predicted molar refractivity (Wildman–Crippen MR) is 261 cm³/mol. The van der Waals surface area contributed by atoms with E-state index in [2.05, 4.69) is 66.3 Å². The van der Waals surface area contributed by atoms with Gasteiger partial charge in [0.25, 0.3) is 0 Å². The number of nitrogens with zero attached hydrogens (tertiary/aromatic N) is 16. The van der Waals surface area contributed by atoms with Crippen LogP contribution in [-0.2, 0) is 24.0 Å². The first-order valence-electron chi connectivity index (χ1n) is 23.0. The van der Waals surface area contributed by atoms with Crippen molar-refractivity contribution >= 4 is 75.7 Å². The van der Waals surface area contributed by atoms with Crippen molar-refractivity contribution in [3.8, 4) is 33.9 Å². The van der Waals surface area contributed by atoms with Crippen molar-refractivity contribution in [1.82, 2.24) is 80.1 Å². The average Bonchev–Trinajstić information content (AvgIpc) is 4.25. The Morgan fingerprint density at radius 1 is 0.640 bits per heavy atom. The van der Waals surface area contributed by atoms with Crippen LogP contribution in [0.3, 0.4) is 0 Å². The van der Waals surface area contributed by atoms with E-state index in [1.807, 2.05) is 0 Å². The molecule has 4 aliphatic rings. The smallest absolute Gasteiger partial charge is 0.250 e. The van der Waals surface area contributed by atoms with E-state index in [0.717, 1.165) is 0 Å². The van der Waals surface area contributed by atoms with E-state index in [0.29, 0.717) is 81.5 Å². The Morgan fingerprint density at radius 3 is 1.55 bits per heavy atom. The Kier molecular flexibility index (Phi) is 12.5. The number of aromatic nitrogens is 14. The highest BCUT2D eigenvalue weighted by molar-refractivity contribution is 6.31. The number of fused-ring (bicyclic) bond motifs is 2. The lowest BCUT2D eigenvalue weighted by Gasteiger charge is -2.39. The molecule has 6 aromatic heterocycles. The van der Waals surface area contributed by atoms with Crippen LogP contribution >= 0.6 is 23.2 Å². The number of anilines is 4. The first kappa shape index (κ1) is 48.2. The number of nitrogens with one attached hydrogen (secondary N) is 3. The van der Waals surface area contributed by atoms with Gasteiger partial charge >= 0.3 is 0 Å². The summed E-state index contributed by atoms with van der Waals surface area (Å²) in [6, 6.07) is 13.5. The molecule has 2 unspecified atom stereocenters. The van der Waals surface area contributed by atoms with Gasteiger partial charge in [0.2, 0.25) is 41.4 Å². The number of benzene rings is 2. The topological polar surface area (TPSA) is 307 Å². The van der Waals surface area contributed by atoms with Crippen molar-refractivity contribution in [1.29, 1.82) is 0 Å². The average molecular weight is 1060 g/mol. The number of amides is 5. The lowest BCUT2D eigenvalue weighted by atomic mass is 10.1. The third kappa shape index (κ3) is 9.00. The Bertz CT molecular complexity index is 3560. The summed E-state index contributed by atoms with van der Waals surface area (Å²) in [6.45, 7) is 0.904. The number of piperazine rings is 2. The molecule has 0 radical (unpaired) electrons. The first-order valence-corrected chi connectivity index (χ1v) is 23.7. The molecule has 29 heteroatoms. The molecule has 0 spiro atoms. The number of hydrogen-bond acceptors (Lipinski definition) is 16. The van der Waals surface area contributed by atoms with E-state index < -0.39 is 36.1 Å². The molecule has 4 aliphatic heterocycles. The SMILES string of the molecule is CC(=O)Nc1ccc(-c2cnc(C3CCC4C(=O)N(c5cc(Cl)ccc5-n5cnnn5)CC(=O)N43)[nH]2)c(F)n1.Nc1ccc(-c2cnc([C@@H]3CC[C@@H]4C(=O)N(c5cc(Cl)ccc5-n5cnnn5)CC(=O)N43)[nH]2)c(F)n1. The molecule has 8 aromatic rings. The Labute approximate surface area is 431 Å². The molecule has 5 N–H and O–H groups in total. The summed E-state index contributed by atoms with van der Waals surface area (Å²) < 4.78 is 31.8. The summed E-state index contributed by atoms with van der Waals surface area (Å²) >= 11 is 12.5. The number of imidazole rings is 2. The molecule has 4 saturated heterocycles. The number of carbonyl (C=O) groups is 5. The highest BCUT2D eigenvalue weighted by Gasteiger charge is 2.50. The van der Waals surface area contributed by atoms with Gasteiger partial charge in [0.1, 0.15) is 61.1 Å². The number of tetrazole rings is 2. The molecule has 2 aromatic carbocycles. The fourth-order valence-electron chi connectivity index (χ4n) is 9.87. The van der Waals surface area contributed by atoms with Gasteiger partial charge in [0, 0.05) is 17.0 Å². The third-order valence-corrected chi connectivity index (χ3v) is 13.6. The van der Waals surface area contributed by atoms with Crippen LogP contribution < -0.4 is 20.9 Å². The number of carbonyl (C=O) groups excluding carboxylic acids is 5. The van der Waals surface area contributed by atoms with Gasteiger partial charge in [-0.2, -0.15) is 18.1 Å². The summed E-state index contributed by atoms with van der Waals surface area (Å²) in [5, 5.41) is 25.6. The summed E-state index contributed by atoms with van der Waals surface area (Å²) in [4.78, 5) is 93.5. The zero-order chi connectivity index (χ0) is 52.2. The Hall–Kier alpha value is -9.11. The number of nitrogen functional groups attached to an aromatic ring is 1. The predicted octanol–water partition coefficient (Wildman–Crippen LogP) is 4.18. The van der Waals surface area contributed by atoms with E-state index in [1.54, 1.807) is 41.3 Å². The van der Waals surface area contributed by atoms with Gasteiger partial charge < -0.3 is 30.8 Å². The molecule has 0 saturated carbocycles. The molecule has 75 heavy (non-hydrogen) atoms. The number of nitrogens with two attached hydrogens (primary N) is 1. The van der Waals surface area contributed by atoms with Crippen LogP contribution in [0.25, 0.3) is 33.9 Å². The number of halogens is 4. The maximum Gasteiger partial charge on any atom is 0.250 e. The van der Waals surface area contributed by atoms with Gasteiger partial charge in [-0.05, 0) is 107 Å². The van der Waals surface area contributed by atoms with Crippen LogP contribution in [0, 0.1) is 11.9 Å². The fraction of sp³-hybridized carbons (Fsp3) is 0.239. The standard InChI is InChI=1S/C24H20ClFN10O3.C22H18ClFN10O2/c1-12(37)29-20-7-3-14(22(26)31-20)15-9-27-23(30-15)17-5-6-18-24(39)34(10-21(38)36(17)18)19-8-13(25)2-4-16(19)35-11-28-32-33-35;23-11-1-3-14(33-10-27-30-31-33)17(7-11)32-9-19(35)34-15(4-5-16(34)22(32)36)21-26-8-13(28-21)12-2-6-18(25)29-20(12)24/h2-4,7-9,11,17-18H,5-6,10H2,1H3,(H,27,30)(H,29,31,37);1-3,6-8,10,15-16H,4-5,9H2,(H2,25,29)(H,26,28)/t;15-,16+/m.0/s1. The minimum Gasteiger partial charge on any atom is -0.384 e. The van der Waals surface area contributed by atoms with E-state index in [1.165, 1.54) is 80.3 Å². The van der Waals surface area contributed by atoms with E-state index >= 15 is 0 Å². The summed E-state index contributed by atoms with van der Waals surface area (Å²) in [5.41, 5.74) is 8.53. The van der Waals surface area contributed by atoms with Crippen molar-refractivity contribution in [3.63, 3.8) is 0 Å². The van der Waals surface area contributed by atoms with E-state index in [-0.39, 0.29) is 65.4 Å². The summed E-state index contributed by atoms with van der Waals surface area (Å²) in [7, 11) is 0. The number of H-pyrrole nitrogens is 2. The minimum absolute atomic E-state index is 0.0690. The van der Waals surface area contributed by atoms with Crippen molar-refractivity contribution in [2.24, 2.45) is 0 Å². The molecule has 0 aliphatic carbocycles. The van der Waals surface area contributed by atoms with Gasteiger partial charge in [-0.1, -0.05) is 23.2 Å². The highest BCUT2D eigenvalue weighted by Crippen LogP contribution is 2.43. The molecule has 10 heterocycles. The van der Waals surface area contributed by atoms with Crippen LogP contribution in [-0.4, -0.2) is 135 Å². The molecule has 5 amide bonds. The minimum atomic E-state index is -0.791. The van der Waals surface area contributed by atoms with Crippen molar-refractivity contribution in [3.05, 3.63) is 119 Å². The van der Waals surface area contributed by atoms with Gasteiger partial charge in [0.15, 0.2) is 0 Å². The normalized spacial score (nSPS) is 19.3. The third-order valence-electron chi connectivity index (χ3n) is 13.1. The zero-order valence-electron chi connectivity index (χ0n) is 38.9. The van der Waals surface area contributed by atoms with Crippen LogP contribution in [0.5, 0.6) is 0 Å². The maximum atomic E-state index is 14.7. The van der Waals surface area contributed by atoms with Gasteiger partial charge in [-0.15, -0.1) is 10.2 Å². The number of pyridine rings is 2. The molecule has 4 atom stereocenters. The molecule has 4 fully saturated rings. The van der Waals surface area contributed by atoms with E-state index in [4.69, 9.17) is 28.9 Å². The zero-order valence-corrected chi connectivity index (χ0v) is 40.4. The second-order valence-electron chi connectivity index (χ2n) is 17.6. The highest BCUT2D eigenvalue weighted by atomic mass is 35.5. The van der Waals surface area contributed by atoms with Crippen molar-refractivity contribution in [2.75, 3.05) is 33.9 Å². The second kappa shape index (κ2) is 19.4. The van der Waals surface area contributed by atoms with E-state index in [9.17, 15) is 32.8 Å². The van der Waals surface area contributed by atoms with Crippen LogP contribution in [0.2, 0.25) is 10.0 Å². The number of rotatable bonds is 9. The lowest BCUT2D eigenvalue weighted by Crippen LogP contribution is -2.58. The Morgan fingerprint density at radius 2 is 1.11 bits per heavy atom. The molecule has 0 bridgehead atoms. The van der Waals surface area contributed by atoms with Gasteiger partial charge in [-0.3, -0.25) is 33.8 Å². The van der Waals surface area contributed by atoms with Crippen molar-refractivity contribution < 1.29 is 32.8 Å². The molecule has 25 nitrogen and oxygen atoms in total. The van der Waals surface area contributed by atoms with Crippen LogP contribution in [0.1, 0.15) is 56.3 Å². The largest absolute Gasteiger partial charge is 0.384 e. The Balaban J connectivity index is 0.000000161. The summed E-state index contributed by atoms with van der Waals surface area (Å²) in [6.07, 6.45) is 7.58. The number of aromatic amines is 2.